The molecule has 8 heteroatoms. The van der Waals surface area contributed by atoms with Crippen molar-refractivity contribution in [2.75, 3.05) is 26.7 Å². The van der Waals surface area contributed by atoms with Crippen molar-refractivity contribution in [2.24, 2.45) is 10.9 Å². The van der Waals surface area contributed by atoms with Gasteiger partial charge in [0.1, 0.15) is 6.33 Å². The van der Waals surface area contributed by atoms with Gasteiger partial charge in [-0.25, -0.2) is 9.98 Å². The lowest BCUT2D eigenvalue weighted by molar-refractivity contribution is -0.121. The maximum atomic E-state index is 11.6. The number of H-pyrrole nitrogens is 1. The van der Waals surface area contributed by atoms with Crippen molar-refractivity contribution in [1.29, 1.82) is 0 Å². The summed E-state index contributed by atoms with van der Waals surface area (Å²) < 4.78 is 0. The normalized spacial score (nSPS) is 15.5. The minimum Gasteiger partial charge on any atom is -0.359 e. The van der Waals surface area contributed by atoms with Crippen molar-refractivity contribution in [3.05, 3.63) is 36.2 Å². The van der Waals surface area contributed by atoms with Gasteiger partial charge in [-0.3, -0.25) is 9.89 Å². The highest BCUT2D eigenvalue weighted by Crippen LogP contribution is 2.21. The van der Waals surface area contributed by atoms with E-state index in [1.807, 2.05) is 12.1 Å². The Bertz CT molecular complexity index is 780. The summed E-state index contributed by atoms with van der Waals surface area (Å²) >= 11 is 0. The fraction of sp³-hybridized carbons (Fsp3) is 0.500. The van der Waals surface area contributed by atoms with E-state index >= 15 is 0 Å². The van der Waals surface area contributed by atoms with Crippen LogP contribution >= 0.6 is 0 Å². The van der Waals surface area contributed by atoms with Gasteiger partial charge in [0.15, 0.2) is 11.8 Å². The molecule has 1 aromatic heterocycles. The van der Waals surface area contributed by atoms with Crippen LogP contribution in [0, 0.1) is 5.92 Å². The van der Waals surface area contributed by atoms with Crippen LogP contribution in [0.4, 0.5) is 0 Å². The van der Waals surface area contributed by atoms with Gasteiger partial charge in [0.05, 0.1) is 6.54 Å². The Morgan fingerprint density at radius 2 is 2.18 bits per heavy atom. The fourth-order valence-corrected chi connectivity index (χ4v) is 3.47. The summed E-state index contributed by atoms with van der Waals surface area (Å²) in [5, 5.41) is 12.9. The van der Waals surface area contributed by atoms with E-state index in [-0.39, 0.29) is 5.91 Å². The summed E-state index contributed by atoms with van der Waals surface area (Å²) in [5.41, 5.74) is 2.13. The Morgan fingerprint density at radius 3 is 2.86 bits per heavy atom. The average Bonchev–Trinajstić information content (AvgIpc) is 3.27. The first-order chi connectivity index (χ1) is 13.7. The minimum absolute atomic E-state index is 0.130. The molecule has 1 saturated heterocycles. The number of hydrogen-bond acceptors (Lipinski definition) is 4. The van der Waals surface area contributed by atoms with Crippen molar-refractivity contribution >= 4 is 11.9 Å². The molecular weight excluding hydrogens is 354 g/mol. The third kappa shape index (κ3) is 5.31. The number of nitrogens with zero attached hydrogens (tertiary/aromatic N) is 4. The van der Waals surface area contributed by atoms with Crippen LogP contribution in [0.3, 0.4) is 0 Å². The second-order valence-corrected chi connectivity index (χ2v) is 7.01. The maximum absolute atomic E-state index is 11.6. The van der Waals surface area contributed by atoms with Crippen molar-refractivity contribution in [1.82, 2.24) is 30.7 Å². The number of aromatic amines is 1. The molecule has 1 aliphatic rings. The van der Waals surface area contributed by atoms with E-state index in [1.54, 1.807) is 7.05 Å². The SMILES string of the molecule is CCNC(=NCc1cccc(-c2ncn[nH]2)c1)N1CCC(CC(=O)NC)CC1. The van der Waals surface area contributed by atoms with Crippen LogP contribution in [0.1, 0.15) is 31.7 Å². The highest BCUT2D eigenvalue weighted by atomic mass is 16.1. The second-order valence-electron chi connectivity index (χ2n) is 7.01. The Labute approximate surface area is 165 Å². The van der Waals surface area contributed by atoms with E-state index in [2.05, 4.69) is 49.8 Å². The summed E-state index contributed by atoms with van der Waals surface area (Å²) in [5.74, 6) is 2.28. The summed E-state index contributed by atoms with van der Waals surface area (Å²) in [6.07, 6.45) is 4.15. The minimum atomic E-state index is 0.130. The molecule has 0 atom stereocenters. The topological polar surface area (TPSA) is 98.3 Å². The van der Waals surface area contributed by atoms with Crippen molar-refractivity contribution < 1.29 is 4.79 Å². The molecule has 150 valence electrons. The standard InChI is InChI=1S/C20H29N7O/c1-3-22-20(27-9-7-15(8-10-27)12-18(28)21-2)23-13-16-5-4-6-17(11-16)19-24-14-25-26-19/h4-6,11,14-15H,3,7-10,12-13H2,1-2H3,(H,21,28)(H,22,23)(H,24,25,26). The predicted molar refractivity (Wildman–Crippen MR) is 110 cm³/mol. The predicted octanol–water partition coefficient (Wildman–Crippen LogP) is 1.79. The van der Waals surface area contributed by atoms with Crippen LogP contribution in [0.25, 0.3) is 11.4 Å². The van der Waals surface area contributed by atoms with Crippen LogP contribution in [-0.2, 0) is 11.3 Å². The van der Waals surface area contributed by atoms with E-state index in [4.69, 9.17) is 4.99 Å². The van der Waals surface area contributed by atoms with Gasteiger partial charge in [0.25, 0.3) is 0 Å². The third-order valence-electron chi connectivity index (χ3n) is 5.03. The van der Waals surface area contributed by atoms with E-state index in [0.29, 0.717) is 18.9 Å². The number of benzene rings is 1. The van der Waals surface area contributed by atoms with Crippen molar-refractivity contribution in [3.63, 3.8) is 0 Å². The monoisotopic (exact) mass is 383 g/mol. The fourth-order valence-electron chi connectivity index (χ4n) is 3.47. The molecule has 8 nitrogen and oxygen atoms in total. The average molecular weight is 384 g/mol. The molecule has 2 aromatic rings. The first-order valence-electron chi connectivity index (χ1n) is 9.88. The number of likely N-dealkylation sites (tertiary alicyclic amines) is 1. The molecule has 0 saturated carbocycles. The van der Waals surface area contributed by atoms with Gasteiger partial charge in [-0.1, -0.05) is 18.2 Å². The quantitative estimate of drug-likeness (QED) is 0.522. The third-order valence-corrected chi connectivity index (χ3v) is 5.03. The number of aliphatic imine (C=N–C) groups is 1. The molecule has 0 radical (unpaired) electrons. The second kappa shape index (κ2) is 9.87. The van der Waals surface area contributed by atoms with Gasteiger partial charge >= 0.3 is 0 Å². The molecule has 0 spiro atoms. The van der Waals surface area contributed by atoms with E-state index in [9.17, 15) is 4.79 Å². The molecule has 1 aliphatic heterocycles. The molecule has 0 aliphatic carbocycles. The molecule has 1 fully saturated rings. The van der Waals surface area contributed by atoms with Gasteiger partial charge in [-0.15, -0.1) is 0 Å². The maximum Gasteiger partial charge on any atom is 0.220 e. The molecule has 3 rings (SSSR count). The summed E-state index contributed by atoms with van der Waals surface area (Å²) in [4.78, 5) is 22.9. The van der Waals surface area contributed by atoms with Gasteiger partial charge in [0, 0.05) is 38.7 Å². The summed E-state index contributed by atoms with van der Waals surface area (Å²) in [7, 11) is 1.70. The van der Waals surface area contributed by atoms with Crippen LogP contribution in [0.5, 0.6) is 0 Å². The van der Waals surface area contributed by atoms with Gasteiger partial charge < -0.3 is 15.5 Å². The summed E-state index contributed by atoms with van der Waals surface area (Å²) in [6.45, 7) is 5.35. The van der Waals surface area contributed by atoms with Gasteiger partial charge in [-0.05, 0) is 37.3 Å². The van der Waals surface area contributed by atoms with E-state index in [0.717, 1.165) is 55.4 Å². The molecule has 1 aromatic carbocycles. The van der Waals surface area contributed by atoms with E-state index in [1.165, 1.54) is 6.33 Å². The van der Waals surface area contributed by atoms with Crippen LogP contribution in [-0.4, -0.2) is 58.6 Å². The lowest BCUT2D eigenvalue weighted by atomic mass is 9.93. The van der Waals surface area contributed by atoms with Crippen molar-refractivity contribution in [3.8, 4) is 11.4 Å². The molecule has 3 N–H and O–H groups in total. The lowest BCUT2D eigenvalue weighted by Gasteiger charge is -2.34. The Balaban J connectivity index is 1.62. The van der Waals surface area contributed by atoms with Crippen LogP contribution in [0.2, 0.25) is 0 Å². The summed E-state index contributed by atoms with van der Waals surface area (Å²) in [6, 6.07) is 8.18. The number of piperidine rings is 1. The van der Waals surface area contributed by atoms with Gasteiger partial charge in [-0.2, -0.15) is 5.10 Å². The molecule has 28 heavy (non-hydrogen) atoms. The number of guanidine groups is 1. The Hall–Kier alpha value is -2.90. The molecule has 1 amide bonds. The Morgan fingerprint density at radius 1 is 1.36 bits per heavy atom. The smallest absolute Gasteiger partial charge is 0.220 e. The zero-order valence-corrected chi connectivity index (χ0v) is 16.6. The number of hydrogen-bond donors (Lipinski definition) is 3. The van der Waals surface area contributed by atoms with E-state index < -0.39 is 0 Å². The zero-order chi connectivity index (χ0) is 19.8. The highest BCUT2D eigenvalue weighted by Gasteiger charge is 2.23. The molecule has 2 heterocycles. The molecular formula is C20H29N7O. The largest absolute Gasteiger partial charge is 0.359 e. The number of nitrogens with one attached hydrogen (secondary N) is 3. The number of aromatic nitrogens is 3. The van der Waals surface area contributed by atoms with Crippen LogP contribution in [0.15, 0.2) is 35.6 Å². The number of rotatable bonds is 6. The van der Waals surface area contributed by atoms with Gasteiger partial charge in [0.2, 0.25) is 5.91 Å². The highest BCUT2D eigenvalue weighted by molar-refractivity contribution is 5.80. The lowest BCUT2D eigenvalue weighted by Crippen LogP contribution is -2.46. The zero-order valence-electron chi connectivity index (χ0n) is 16.6. The number of carbonyl (C=O) groups excluding carboxylic acids is 1. The Kier molecular flexibility index (Phi) is 7.00. The molecule has 0 bridgehead atoms. The first kappa shape index (κ1) is 19.9. The molecule has 0 unspecified atom stereocenters. The van der Waals surface area contributed by atoms with Crippen LogP contribution < -0.4 is 10.6 Å². The number of amides is 1. The van der Waals surface area contributed by atoms with Crippen molar-refractivity contribution in [2.45, 2.75) is 32.7 Å². The first-order valence-corrected chi connectivity index (χ1v) is 9.88. The number of carbonyl (C=O) groups is 1.